The fraction of sp³-hybridized carbons (Fsp3) is 0.346. The Kier molecular flexibility index (Phi) is 12.0. The number of rotatable bonds is 12. The van der Waals surface area contributed by atoms with Crippen LogP contribution < -0.4 is 14.2 Å². The molecule has 0 aliphatic carbocycles. The number of aliphatic carboxylic acids is 1. The minimum Gasteiger partial charge on any atom is -0.488 e. The molecule has 0 unspecified atom stereocenters. The van der Waals surface area contributed by atoms with Gasteiger partial charge in [-0.1, -0.05) is 17.9 Å². The van der Waals surface area contributed by atoms with Gasteiger partial charge in [0.05, 0.1) is 4.47 Å². The van der Waals surface area contributed by atoms with E-state index in [0.29, 0.717) is 10.2 Å². The minimum atomic E-state index is -4.64. The monoisotopic (exact) mass is 624 g/mol. The van der Waals surface area contributed by atoms with Crippen LogP contribution in [0.25, 0.3) is 0 Å². The zero-order valence-electron chi connectivity index (χ0n) is 20.4. The van der Waals surface area contributed by atoms with Crippen LogP contribution in [-0.4, -0.2) is 56.0 Å². The van der Waals surface area contributed by atoms with E-state index in [0.717, 1.165) is 23.8 Å². The molecule has 6 nitrogen and oxygen atoms in total. The van der Waals surface area contributed by atoms with E-state index in [4.69, 9.17) is 9.47 Å². The van der Waals surface area contributed by atoms with E-state index in [-0.39, 0.29) is 36.7 Å². The molecule has 39 heavy (non-hydrogen) atoms. The smallest absolute Gasteiger partial charge is 0.422 e. The Balaban J connectivity index is 2.02. The molecule has 0 saturated heterocycles. The zero-order chi connectivity index (χ0) is 29.1. The Morgan fingerprint density at radius 3 is 2.13 bits per heavy atom. The van der Waals surface area contributed by atoms with Gasteiger partial charge in [-0.2, -0.15) is 26.3 Å². The van der Waals surface area contributed by atoms with Crippen molar-refractivity contribution in [2.24, 2.45) is 0 Å². The SMILES string of the molecule is CCO[C@@H](Cc1ccc(OC/C=C/C#Cc2cc(OCC(F)(F)F)cc(OCC(F)(F)F)c2)c(Br)c1)C(=O)O. The third kappa shape index (κ3) is 12.8. The number of hydrogen-bond donors (Lipinski definition) is 1. The lowest BCUT2D eigenvalue weighted by Crippen LogP contribution is -2.26. The molecule has 1 atom stereocenters. The summed E-state index contributed by atoms with van der Waals surface area (Å²) in [6.45, 7) is -1.22. The third-order valence-electron chi connectivity index (χ3n) is 4.50. The van der Waals surface area contributed by atoms with E-state index in [1.807, 2.05) is 0 Å². The average molecular weight is 625 g/mol. The molecular formula is C26H23BrF6O6. The molecule has 0 fully saturated rings. The van der Waals surface area contributed by atoms with Gasteiger partial charge < -0.3 is 24.1 Å². The fourth-order valence-corrected chi connectivity index (χ4v) is 3.47. The quantitative estimate of drug-likeness (QED) is 0.219. The summed E-state index contributed by atoms with van der Waals surface area (Å²) in [5.74, 6) is 3.90. The first-order chi connectivity index (χ1) is 18.3. The highest BCUT2D eigenvalue weighted by atomic mass is 79.9. The molecule has 0 aliphatic heterocycles. The molecular weight excluding hydrogens is 602 g/mol. The van der Waals surface area contributed by atoms with Gasteiger partial charge in [0.15, 0.2) is 19.3 Å². The lowest BCUT2D eigenvalue weighted by atomic mass is 10.1. The van der Waals surface area contributed by atoms with Gasteiger partial charge in [0.2, 0.25) is 0 Å². The maximum absolute atomic E-state index is 12.5. The Labute approximate surface area is 228 Å². The predicted molar refractivity (Wildman–Crippen MR) is 132 cm³/mol. The van der Waals surface area contributed by atoms with Gasteiger partial charge in [-0.05, 0) is 64.8 Å². The summed E-state index contributed by atoms with van der Waals surface area (Å²) in [4.78, 5) is 11.3. The first kappa shape index (κ1) is 31.8. The zero-order valence-corrected chi connectivity index (χ0v) is 22.0. The van der Waals surface area contributed by atoms with E-state index in [1.54, 1.807) is 25.1 Å². The molecule has 212 valence electrons. The van der Waals surface area contributed by atoms with Crippen LogP contribution in [0.5, 0.6) is 17.2 Å². The summed E-state index contributed by atoms with van der Waals surface area (Å²) in [7, 11) is 0. The predicted octanol–water partition coefficient (Wildman–Crippen LogP) is 6.35. The van der Waals surface area contributed by atoms with Gasteiger partial charge in [-0.15, -0.1) is 0 Å². The van der Waals surface area contributed by atoms with Crippen LogP contribution in [0.3, 0.4) is 0 Å². The number of alkyl halides is 6. The molecule has 0 spiro atoms. The summed E-state index contributed by atoms with van der Waals surface area (Å²) in [6.07, 6.45) is -7.16. The van der Waals surface area contributed by atoms with Crippen molar-refractivity contribution in [3.8, 4) is 29.1 Å². The molecule has 2 aromatic carbocycles. The Hall–Kier alpha value is -3.37. The van der Waals surface area contributed by atoms with Gasteiger partial charge in [-0.25, -0.2) is 4.79 Å². The highest BCUT2D eigenvalue weighted by Crippen LogP contribution is 2.28. The van der Waals surface area contributed by atoms with Crippen molar-refractivity contribution in [1.29, 1.82) is 0 Å². The molecule has 2 rings (SSSR count). The summed E-state index contributed by atoms with van der Waals surface area (Å²) in [5, 5.41) is 9.21. The molecule has 2 aromatic rings. The van der Waals surface area contributed by atoms with E-state index < -0.39 is 37.6 Å². The number of halogens is 7. The van der Waals surface area contributed by atoms with Crippen molar-refractivity contribution < 1.29 is 55.2 Å². The summed E-state index contributed by atoms with van der Waals surface area (Å²) >= 11 is 3.36. The van der Waals surface area contributed by atoms with Crippen molar-refractivity contribution in [1.82, 2.24) is 0 Å². The van der Waals surface area contributed by atoms with Crippen LogP contribution in [0.4, 0.5) is 26.3 Å². The number of hydrogen-bond acceptors (Lipinski definition) is 5. The Bertz CT molecular complexity index is 1160. The number of carboxylic acid groups (broad SMARTS) is 1. The number of carboxylic acids is 1. The van der Waals surface area contributed by atoms with Gasteiger partial charge in [0.25, 0.3) is 0 Å². The first-order valence-corrected chi connectivity index (χ1v) is 12.0. The van der Waals surface area contributed by atoms with Gasteiger partial charge >= 0.3 is 18.3 Å². The average Bonchev–Trinajstić information content (AvgIpc) is 2.83. The number of allylic oxidation sites excluding steroid dienone is 1. The molecule has 0 aliphatic rings. The van der Waals surface area contributed by atoms with Crippen molar-refractivity contribution in [2.45, 2.75) is 31.8 Å². The summed E-state index contributed by atoms with van der Waals surface area (Å²) in [5.41, 5.74) is 0.791. The maximum atomic E-state index is 12.5. The lowest BCUT2D eigenvalue weighted by Gasteiger charge is -2.13. The van der Waals surface area contributed by atoms with E-state index in [1.165, 1.54) is 12.2 Å². The Morgan fingerprint density at radius 1 is 1.00 bits per heavy atom. The summed E-state index contributed by atoms with van der Waals surface area (Å²) in [6, 6.07) is 8.25. The maximum Gasteiger partial charge on any atom is 0.422 e. The summed E-state index contributed by atoms with van der Waals surface area (Å²) < 4.78 is 95.4. The van der Waals surface area contributed by atoms with Crippen molar-refractivity contribution >= 4 is 21.9 Å². The van der Waals surface area contributed by atoms with Crippen LogP contribution in [0.2, 0.25) is 0 Å². The number of carbonyl (C=O) groups is 1. The first-order valence-electron chi connectivity index (χ1n) is 11.2. The fourth-order valence-electron chi connectivity index (χ4n) is 2.93. The lowest BCUT2D eigenvalue weighted by molar-refractivity contribution is -0.154. The molecule has 13 heteroatoms. The van der Waals surface area contributed by atoms with E-state index >= 15 is 0 Å². The van der Waals surface area contributed by atoms with Crippen LogP contribution in [0.1, 0.15) is 18.1 Å². The molecule has 1 N–H and O–H groups in total. The molecule has 0 bridgehead atoms. The van der Waals surface area contributed by atoms with Gasteiger partial charge in [0.1, 0.15) is 23.9 Å². The second-order valence-electron chi connectivity index (χ2n) is 7.73. The largest absolute Gasteiger partial charge is 0.488 e. The number of ether oxygens (including phenoxy) is 4. The van der Waals surface area contributed by atoms with E-state index in [9.17, 15) is 36.2 Å². The number of benzene rings is 2. The van der Waals surface area contributed by atoms with Crippen molar-refractivity contribution in [2.75, 3.05) is 26.4 Å². The highest BCUT2D eigenvalue weighted by Gasteiger charge is 2.30. The Morgan fingerprint density at radius 2 is 1.62 bits per heavy atom. The van der Waals surface area contributed by atoms with Crippen molar-refractivity contribution in [3.05, 3.63) is 64.1 Å². The topological polar surface area (TPSA) is 74.2 Å². The van der Waals surface area contributed by atoms with Crippen LogP contribution in [-0.2, 0) is 16.0 Å². The van der Waals surface area contributed by atoms with E-state index in [2.05, 4.69) is 37.2 Å². The normalized spacial score (nSPS) is 12.5. The molecule has 0 radical (unpaired) electrons. The molecule has 0 heterocycles. The van der Waals surface area contributed by atoms with Crippen molar-refractivity contribution in [3.63, 3.8) is 0 Å². The second-order valence-corrected chi connectivity index (χ2v) is 8.59. The molecule has 0 aromatic heterocycles. The van der Waals surface area contributed by atoms with Crippen LogP contribution in [0, 0.1) is 11.8 Å². The molecule has 0 amide bonds. The van der Waals surface area contributed by atoms with Gasteiger partial charge in [0, 0.05) is 24.7 Å². The van der Waals surface area contributed by atoms with Gasteiger partial charge in [-0.3, -0.25) is 0 Å². The van der Waals surface area contributed by atoms with Crippen LogP contribution >= 0.6 is 15.9 Å². The second kappa shape index (κ2) is 14.7. The van der Waals surface area contributed by atoms with Crippen LogP contribution in [0.15, 0.2) is 53.0 Å². The highest BCUT2D eigenvalue weighted by molar-refractivity contribution is 9.10. The third-order valence-corrected chi connectivity index (χ3v) is 5.12. The minimum absolute atomic E-state index is 0.0717. The standard InChI is InChI=1S/C26H23BrF6O6/c1-2-36-23(24(34)35)13-18-7-8-22(21(27)12-18)37-9-5-3-4-6-17-10-19(38-15-25(28,29)30)14-20(11-17)39-16-26(31,32)33/h3,5,7-8,10-12,14,23H,2,9,13,15-16H2,1H3,(H,34,35)/b5-3+/t23-/m0/s1. The molecule has 0 saturated carbocycles.